The lowest BCUT2D eigenvalue weighted by Gasteiger charge is -2.05. The van der Waals surface area contributed by atoms with Crippen LogP contribution in [0.1, 0.15) is 155 Å². The smallest absolute Gasteiger partial charge is 0.305 e. The average Bonchev–Trinajstić information content (AvgIpc) is 2.70. The third kappa shape index (κ3) is 23.5. The fraction of sp³-hybridized carbons (Fsp3) is 0.962. The number of hydrogen-bond donors (Lipinski definition) is 0. The maximum atomic E-state index is 11.6. The maximum absolute atomic E-state index is 11.6. The summed E-state index contributed by atoms with van der Waals surface area (Å²) in [7, 11) is 0. The van der Waals surface area contributed by atoms with Crippen molar-refractivity contribution in [3.05, 3.63) is 0 Å². The monoisotopic (exact) mass is 396 g/mol. The number of ether oxygens (including phenoxy) is 1. The fourth-order valence-corrected chi connectivity index (χ4v) is 3.78. The summed E-state index contributed by atoms with van der Waals surface area (Å²) in [5.74, 6) is 0.0115. The molecule has 0 amide bonds. The van der Waals surface area contributed by atoms with E-state index in [0.717, 1.165) is 12.8 Å². The molecule has 2 heteroatoms. The zero-order valence-electron chi connectivity index (χ0n) is 19.6. The average molecular weight is 397 g/mol. The molecule has 0 N–H and O–H groups in total. The summed E-state index contributed by atoms with van der Waals surface area (Å²) in [4.78, 5) is 11.6. The summed E-state index contributed by atoms with van der Waals surface area (Å²) in [6.45, 7) is 5.13. The van der Waals surface area contributed by atoms with Crippen LogP contribution in [0.5, 0.6) is 0 Å². The minimum atomic E-state index is 0.0115. The van der Waals surface area contributed by atoms with Gasteiger partial charge in [0.15, 0.2) is 0 Å². The van der Waals surface area contributed by atoms with Gasteiger partial charge in [-0.3, -0.25) is 4.79 Å². The Balaban J connectivity index is 3.09. The topological polar surface area (TPSA) is 26.3 Å². The van der Waals surface area contributed by atoms with E-state index in [1.54, 1.807) is 0 Å². The van der Waals surface area contributed by atoms with Crippen molar-refractivity contribution in [2.75, 3.05) is 6.61 Å². The SMILES string of the molecule is CCCCCCCCCCCCCCCCCCOC(=O)CCCCCCC. The van der Waals surface area contributed by atoms with Crippen LogP contribution in [0.4, 0.5) is 0 Å². The lowest BCUT2D eigenvalue weighted by molar-refractivity contribution is -0.143. The summed E-state index contributed by atoms with van der Waals surface area (Å²) in [5.41, 5.74) is 0. The molecule has 168 valence electrons. The van der Waals surface area contributed by atoms with Crippen LogP contribution in [-0.4, -0.2) is 12.6 Å². The molecule has 0 aromatic heterocycles. The van der Waals surface area contributed by atoms with Crippen LogP contribution in [0.15, 0.2) is 0 Å². The predicted molar refractivity (Wildman–Crippen MR) is 124 cm³/mol. The summed E-state index contributed by atoms with van der Waals surface area (Å²) >= 11 is 0. The number of carbonyl (C=O) groups is 1. The molecule has 0 atom stereocenters. The number of unbranched alkanes of at least 4 members (excludes halogenated alkanes) is 19. The number of esters is 1. The van der Waals surface area contributed by atoms with Gasteiger partial charge in [-0.05, 0) is 12.8 Å². The summed E-state index contributed by atoms with van der Waals surface area (Å²) in [6, 6.07) is 0. The van der Waals surface area contributed by atoms with E-state index in [0.29, 0.717) is 13.0 Å². The highest BCUT2D eigenvalue weighted by Crippen LogP contribution is 2.14. The van der Waals surface area contributed by atoms with Crippen LogP contribution in [0.3, 0.4) is 0 Å². The van der Waals surface area contributed by atoms with Gasteiger partial charge in [0, 0.05) is 6.42 Å². The van der Waals surface area contributed by atoms with Crippen LogP contribution >= 0.6 is 0 Å². The van der Waals surface area contributed by atoms with Crippen molar-refractivity contribution in [2.45, 2.75) is 155 Å². The first-order valence-corrected chi connectivity index (χ1v) is 13.0. The second-order valence-corrected chi connectivity index (χ2v) is 8.69. The third-order valence-electron chi connectivity index (χ3n) is 5.75. The van der Waals surface area contributed by atoms with Crippen molar-refractivity contribution >= 4 is 5.97 Å². The largest absolute Gasteiger partial charge is 0.466 e. The first-order valence-electron chi connectivity index (χ1n) is 13.0. The molecule has 0 saturated carbocycles. The van der Waals surface area contributed by atoms with E-state index in [4.69, 9.17) is 4.74 Å². The van der Waals surface area contributed by atoms with E-state index in [1.807, 2.05) is 0 Å². The molecule has 0 saturated heterocycles. The van der Waals surface area contributed by atoms with Gasteiger partial charge in [0.2, 0.25) is 0 Å². The fourth-order valence-electron chi connectivity index (χ4n) is 3.78. The first kappa shape index (κ1) is 27.5. The van der Waals surface area contributed by atoms with E-state index in [1.165, 1.54) is 122 Å². The summed E-state index contributed by atoms with van der Waals surface area (Å²) in [6.07, 6.45) is 28.6. The van der Waals surface area contributed by atoms with Crippen LogP contribution in [-0.2, 0) is 9.53 Å². The number of rotatable bonds is 23. The van der Waals surface area contributed by atoms with E-state index in [2.05, 4.69) is 13.8 Å². The molecular weight excluding hydrogens is 344 g/mol. The molecule has 0 spiro atoms. The van der Waals surface area contributed by atoms with Crippen molar-refractivity contribution < 1.29 is 9.53 Å². The van der Waals surface area contributed by atoms with Gasteiger partial charge in [-0.15, -0.1) is 0 Å². The molecule has 0 fully saturated rings. The maximum Gasteiger partial charge on any atom is 0.305 e. The van der Waals surface area contributed by atoms with Crippen LogP contribution in [0, 0.1) is 0 Å². The van der Waals surface area contributed by atoms with Crippen molar-refractivity contribution in [2.24, 2.45) is 0 Å². The van der Waals surface area contributed by atoms with Gasteiger partial charge in [-0.2, -0.15) is 0 Å². The second-order valence-electron chi connectivity index (χ2n) is 8.69. The summed E-state index contributed by atoms with van der Waals surface area (Å²) in [5, 5.41) is 0. The lowest BCUT2D eigenvalue weighted by Crippen LogP contribution is -2.05. The summed E-state index contributed by atoms with van der Waals surface area (Å²) < 4.78 is 5.33. The Hall–Kier alpha value is -0.530. The molecule has 28 heavy (non-hydrogen) atoms. The Bertz CT molecular complexity index is 301. The van der Waals surface area contributed by atoms with Crippen molar-refractivity contribution in [1.82, 2.24) is 0 Å². The molecular formula is C26H52O2. The zero-order valence-corrected chi connectivity index (χ0v) is 19.6. The van der Waals surface area contributed by atoms with Crippen LogP contribution in [0.2, 0.25) is 0 Å². The molecule has 0 aromatic carbocycles. The number of hydrogen-bond acceptors (Lipinski definition) is 2. The Morgan fingerprint density at radius 3 is 1.18 bits per heavy atom. The van der Waals surface area contributed by atoms with E-state index >= 15 is 0 Å². The zero-order chi connectivity index (χ0) is 20.5. The molecule has 2 nitrogen and oxygen atoms in total. The van der Waals surface area contributed by atoms with Gasteiger partial charge < -0.3 is 4.74 Å². The normalized spacial score (nSPS) is 11.1. The van der Waals surface area contributed by atoms with E-state index in [9.17, 15) is 4.79 Å². The molecule has 0 bridgehead atoms. The Morgan fingerprint density at radius 1 is 0.464 bits per heavy atom. The van der Waals surface area contributed by atoms with Crippen LogP contribution in [0.25, 0.3) is 0 Å². The molecule has 0 aromatic rings. The molecule has 0 heterocycles. The van der Waals surface area contributed by atoms with Gasteiger partial charge in [-0.25, -0.2) is 0 Å². The molecule has 0 rings (SSSR count). The lowest BCUT2D eigenvalue weighted by atomic mass is 10.0. The van der Waals surface area contributed by atoms with E-state index in [-0.39, 0.29) is 5.97 Å². The highest BCUT2D eigenvalue weighted by Gasteiger charge is 2.02. The van der Waals surface area contributed by atoms with Crippen LogP contribution < -0.4 is 0 Å². The number of carbonyl (C=O) groups excluding carboxylic acids is 1. The molecule has 0 aliphatic rings. The minimum absolute atomic E-state index is 0.0115. The Morgan fingerprint density at radius 2 is 0.786 bits per heavy atom. The van der Waals surface area contributed by atoms with Gasteiger partial charge in [0.05, 0.1) is 6.61 Å². The quantitative estimate of drug-likeness (QED) is 0.127. The first-order chi connectivity index (χ1) is 13.8. The minimum Gasteiger partial charge on any atom is -0.466 e. The molecule has 0 aliphatic carbocycles. The third-order valence-corrected chi connectivity index (χ3v) is 5.75. The second kappa shape index (κ2) is 24.5. The van der Waals surface area contributed by atoms with Gasteiger partial charge >= 0.3 is 5.97 Å². The van der Waals surface area contributed by atoms with E-state index < -0.39 is 0 Å². The highest BCUT2D eigenvalue weighted by molar-refractivity contribution is 5.69. The molecule has 0 unspecified atom stereocenters. The van der Waals surface area contributed by atoms with Gasteiger partial charge in [0.1, 0.15) is 0 Å². The van der Waals surface area contributed by atoms with Gasteiger partial charge in [0.25, 0.3) is 0 Å². The Labute approximate surface area is 177 Å². The van der Waals surface area contributed by atoms with Gasteiger partial charge in [-0.1, -0.05) is 136 Å². The predicted octanol–water partition coefficient (Wildman–Crippen LogP) is 9.15. The van der Waals surface area contributed by atoms with Crippen molar-refractivity contribution in [3.8, 4) is 0 Å². The highest BCUT2D eigenvalue weighted by atomic mass is 16.5. The Kier molecular flexibility index (Phi) is 24.0. The molecule has 0 radical (unpaired) electrons. The standard InChI is InChI=1S/C26H52O2/c1-3-5-7-9-10-11-12-13-14-15-16-17-18-19-21-23-25-28-26(27)24-22-20-8-6-4-2/h3-25H2,1-2H3. The van der Waals surface area contributed by atoms with Crippen molar-refractivity contribution in [1.29, 1.82) is 0 Å². The van der Waals surface area contributed by atoms with Crippen molar-refractivity contribution in [3.63, 3.8) is 0 Å². The molecule has 0 aliphatic heterocycles.